The van der Waals surface area contributed by atoms with Gasteiger partial charge < -0.3 is 19.6 Å². The number of fused-ring (bicyclic) bond motifs is 1. The fourth-order valence-corrected chi connectivity index (χ4v) is 3.23. The molecule has 0 aromatic carbocycles. The van der Waals surface area contributed by atoms with E-state index in [1.165, 1.54) is 0 Å². The molecule has 8 heteroatoms. The van der Waals surface area contributed by atoms with Crippen molar-refractivity contribution in [1.29, 1.82) is 0 Å². The number of hydrogen-bond acceptors (Lipinski definition) is 5. The molecule has 25 heavy (non-hydrogen) atoms. The highest BCUT2D eigenvalue weighted by Gasteiger charge is 2.33. The second-order valence-electron chi connectivity index (χ2n) is 7.31. The summed E-state index contributed by atoms with van der Waals surface area (Å²) in [6.45, 7) is 7.09. The topological polar surface area (TPSA) is 79.1 Å². The molecule has 1 amide bonds. The Morgan fingerprint density at radius 2 is 2.20 bits per heavy atom. The average Bonchev–Trinajstić information content (AvgIpc) is 3.03. The number of aromatic nitrogens is 2. The molecule has 1 saturated heterocycles. The summed E-state index contributed by atoms with van der Waals surface area (Å²) < 4.78 is 7.24. The molecular formula is C17H23ClN4O3. The molecule has 2 aromatic rings. The quantitative estimate of drug-likeness (QED) is 0.869. The van der Waals surface area contributed by atoms with Crippen LogP contribution in [0.25, 0.3) is 5.52 Å². The number of carbonyl (C=O) groups excluding carboxylic acids is 1. The van der Waals surface area contributed by atoms with E-state index in [1.807, 2.05) is 43.5 Å². The summed E-state index contributed by atoms with van der Waals surface area (Å²) in [5.74, 6) is 0. The minimum Gasteiger partial charge on any atom is -0.444 e. The number of rotatable bonds is 3. The molecule has 3 heterocycles. The van der Waals surface area contributed by atoms with Gasteiger partial charge in [-0.1, -0.05) is 11.6 Å². The number of amides is 1. The van der Waals surface area contributed by atoms with Crippen LogP contribution in [-0.2, 0) is 11.3 Å². The largest absolute Gasteiger partial charge is 0.444 e. The number of likely N-dealkylation sites (tertiary alicyclic amines) is 1. The maximum atomic E-state index is 11.9. The van der Waals surface area contributed by atoms with E-state index < -0.39 is 17.8 Å². The smallest absolute Gasteiger partial charge is 0.408 e. The molecule has 0 spiro atoms. The number of hydrogen-bond donors (Lipinski definition) is 2. The number of aliphatic hydroxyl groups is 1. The van der Waals surface area contributed by atoms with Crippen molar-refractivity contribution in [2.24, 2.45) is 0 Å². The predicted octanol–water partition coefficient (Wildman–Crippen LogP) is 2.06. The first-order chi connectivity index (χ1) is 11.7. The van der Waals surface area contributed by atoms with Crippen LogP contribution in [0.3, 0.4) is 0 Å². The van der Waals surface area contributed by atoms with Crippen LogP contribution in [0.5, 0.6) is 0 Å². The van der Waals surface area contributed by atoms with Crippen molar-refractivity contribution >= 4 is 23.2 Å². The van der Waals surface area contributed by atoms with E-state index in [9.17, 15) is 9.90 Å². The summed E-state index contributed by atoms with van der Waals surface area (Å²) in [7, 11) is 0. The first-order valence-electron chi connectivity index (χ1n) is 8.23. The number of halogens is 1. The zero-order valence-electron chi connectivity index (χ0n) is 14.6. The van der Waals surface area contributed by atoms with Crippen molar-refractivity contribution in [2.45, 2.75) is 45.1 Å². The predicted molar refractivity (Wildman–Crippen MR) is 94.6 cm³/mol. The molecule has 7 nitrogen and oxygen atoms in total. The second-order valence-corrected chi connectivity index (χ2v) is 7.67. The number of aliphatic hydroxyl groups excluding tert-OH is 1. The third-order valence-electron chi connectivity index (χ3n) is 4.07. The Bertz CT molecular complexity index is 771. The molecule has 0 bridgehead atoms. The van der Waals surface area contributed by atoms with Gasteiger partial charge in [0.05, 0.1) is 17.7 Å². The van der Waals surface area contributed by atoms with Crippen LogP contribution in [0, 0.1) is 0 Å². The minimum absolute atomic E-state index is 0.355. The summed E-state index contributed by atoms with van der Waals surface area (Å²) in [6, 6.07) is 3.56. The van der Waals surface area contributed by atoms with Crippen LogP contribution in [0.1, 0.15) is 26.5 Å². The zero-order chi connectivity index (χ0) is 18.2. The molecule has 0 radical (unpaired) electrons. The summed E-state index contributed by atoms with van der Waals surface area (Å²) in [6.07, 6.45) is 2.37. The maximum absolute atomic E-state index is 11.9. The fraction of sp³-hybridized carbons (Fsp3) is 0.529. The lowest BCUT2D eigenvalue weighted by Gasteiger charge is -2.22. The van der Waals surface area contributed by atoms with Gasteiger partial charge in [0.15, 0.2) is 5.15 Å². The molecule has 2 N–H and O–H groups in total. The molecule has 2 aromatic heterocycles. The highest BCUT2D eigenvalue weighted by Crippen LogP contribution is 2.20. The zero-order valence-corrected chi connectivity index (χ0v) is 15.3. The van der Waals surface area contributed by atoms with E-state index in [-0.39, 0.29) is 6.04 Å². The van der Waals surface area contributed by atoms with Crippen LogP contribution in [0.4, 0.5) is 4.79 Å². The Balaban J connectivity index is 1.63. The molecule has 2 atom stereocenters. The molecule has 1 aliphatic heterocycles. The van der Waals surface area contributed by atoms with E-state index in [0.29, 0.717) is 24.8 Å². The van der Waals surface area contributed by atoms with Crippen molar-refractivity contribution in [3.05, 3.63) is 35.4 Å². The van der Waals surface area contributed by atoms with E-state index in [4.69, 9.17) is 16.3 Å². The summed E-state index contributed by atoms with van der Waals surface area (Å²) in [5, 5.41) is 13.5. The van der Waals surface area contributed by atoms with Gasteiger partial charge in [0, 0.05) is 37.7 Å². The average molecular weight is 367 g/mol. The molecular weight excluding hydrogens is 344 g/mol. The van der Waals surface area contributed by atoms with Gasteiger partial charge in [0.25, 0.3) is 0 Å². The molecule has 0 aliphatic carbocycles. The number of nitrogens with zero attached hydrogens (tertiary/aromatic N) is 3. The van der Waals surface area contributed by atoms with E-state index in [2.05, 4.69) is 15.2 Å². The number of ether oxygens (including phenoxy) is 1. The third-order valence-corrected chi connectivity index (χ3v) is 4.36. The SMILES string of the molecule is CC(C)(C)OC(=O)N[C@@H]1CN(Cc2ccc3c(Cl)nccn23)C[C@@H]1O. The van der Waals surface area contributed by atoms with Crippen LogP contribution in [-0.4, -0.2) is 56.3 Å². The van der Waals surface area contributed by atoms with Gasteiger partial charge in [0.1, 0.15) is 5.60 Å². The standard InChI is InChI=1S/C17H23ClN4O3/c1-17(2,3)25-16(24)20-12-9-21(10-14(12)23)8-11-4-5-13-15(18)19-6-7-22(11)13/h4-7,12,14,23H,8-10H2,1-3H3,(H,20,24)/t12-,14+/m1/s1. The van der Waals surface area contributed by atoms with Crippen molar-refractivity contribution < 1.29 is 14.6 Å². The van der Waals surface area contributed by atoms with Crippen molar-refractivity contribution in [3.8, 4) is 0 Å². The Morgan fingerprint density at radius 3 is 2.92 bits per heavy atom. The van der Waals surface area contributed by atoms with Crippen molar-refractivity contribution in [1.82, 2.24) is 19.6 Å². The maximum Gasteiger partial charge on any atom is 0.408 e. The Kier molecular flexibility index (Phi) is 4.90. The Hall–Kier alpha value is -1.83. The number of nitrogens with one attached hydrogen (secondary N) is 1. The highest BCUT2D eigenvalue weighted by atomic mass is 35.5. The van der Waals surface area contributed by atoms with Gasteiger partial charge in [-0.15, -0.1) is 0 Å². The minimum atomic E-state index is -0.635. The van der Waals surface area contributed by atoms with Gasteiger partial charge in [-0.3, -0.25) is 4.90 Å². The van der Waals surface area contributed by atoms with Gasteiger partial charge in [-0.2, -0.15) is 0 Å². The molecule has 1 fully saturated rings. The molecule has 0 saturated carbocycles. The van der Waals surface area contributed by atoms with Crippen LogP contribution < -0.4 is 5.32 Å². The first kappa shape index (κ1) is 18.0. The lowest BCUT2D eigenvalue weighted by atomic mass is 10.2. The van der Waals surface area contributed by atoms with Crippen LogP contribution >= 0.6 is 11.6 Å². The normalized spacial score (nSPS) is 21.6. The summed E-state index contributed by atoms with van der Waals surface area (Å²) in [5.41, 5.74) is 1.33. The van der Waals surface area contributed by atoms with Gasteiger partial charge in [0.2, 0.25) is 0 Å². The number of alkyl carbamates (subject to hydrolysis) is 1. The fourth-order valence-electron chi connectivity index (χ4n) is 3.02. The van der Waals surface area contributed by atoms with Crippen LogP contribution in [0.2, 0.25) is 5.15 Å². The first-order valence-corrected chi connectivity index (χ1v) is 8.61. The monoisotopic (exact) mass is 366 g/mol. The van der Waals surface area contributed by atoms with Crippen molar-refractivity contribution in [2.75, 3.05) is 13.1 Å². The van der Waals surface area contributed by atoms with E-state index >= 15 is 0 Å². The van der Waals surface area contributed by atoms with E-state index in [0.717, 1.165) is 11.2 Å². The summed E-state index contributed by atoms with van der Waals surface area (Å²) in [4.78, 5) is 18.1. The lowest BCUT2D eigenvalue weighted by molar-refractivity contribution is 0.0461. The molecule has 0 unspecified atom stereocenters. The highest BCUT2D eigenvalue weighted by molar-refractivity contribution is 6.32. The van der Waals surface area contributed by atoms with Crippen molar-refractivity contribution in [3.63, 3.8) is 0 Å². The Morgan fingerprint density at radius 1 is 1.44 bits per heavy atom. The third kappa shape index (κ3) is 4.23. The van der Waals surface area contributed by atoms with Gasteiger partial charge >= 0.3 is 6.09 Å². The van der Waals surface area contributed by atoms with Gasteiger partial charge in [-0.25, -0.2) is 9.78 Å². The lowest BCUT2D eigenvalue weighted by Crippen LogP contribution is -2.45. The van der Waals surface area contributed by atoms with Crippen LogP contribution in [0.15, 0.2) is 24.5 Å². The number of carbonyl (C=O) groups is 1. The van der Waals surface area contributed by atoms with Gasteiger partial charge in [-0.05, 0) is 32.9 Å². The number of β-amino-alcohol motifs (C(OH)–C–C–N with tert-alkyl or cyclic N) is 1. The Labute approximate surface area is 151 Å². The molecule has 1 aliphatic rings. The molecule has 136 valence electrons. The van der Waals surface area contributed by atoms with E-state index in [1.54, 1.807) is 6.20 Å². The summed E-state index contributed by atoms with van der Waals surface area (Å²) >= 11 is 6.10. The molecule has 3 rings (SSSR count). The second kappa shape index (κ2) is 6.82.